The predicted octanol–water partition coefficient (Wildman–Crippen LogP) is 4.29. The Kier molecular flexibility index (Phi) is 8.35. The fourth-order valence-corrected chi connectivity index (χ4v) is 5.35. The standard InChI is InChI=1S/C28H34N4O5S/c1-28(2,3)27(34)29-20-10-12-21(13-11-20)31-38(35,36)25-9-5-6-22-23(25)7-4-8-24(22)30-26(33)14-15-32-16-18-37-19-17-32/h4-13,31H,14-19H2,1-3H3,(H,29,34)(H,30,33). The number of sulfonamides is 1. The van der Waals surface area contributed by atoms with E-state index in [4.69, 9.17) is 4.74 Å². The minimum atomic E-state index is -3.94. The van der Waals surface area contributed by atoms with Gasteiger partial charge < -0.3 is 15.4 Å². The van der Waals surface area contributed by atoms with E-state index in [-0.39, 0.29) is 16.7 Å². The summed E-state index contributed by atoms with van der Waals surface area (Å²) >= 11 is 0. The molecule has 0 bridgehead atoms. The molecule has 1 saturated heterocycles. The third-order valence-electron chi connectivity index (χ3n) is 6.28. The Balaban J connectivity index is 1.48. The van der Waals surface area contributed by atoms with Gasteiger partial charge in [-0.2, -0.15) is 0 Å². The summed E-state index contributed by atoms with van der Waals surface area (Å²) in [5.74, 6) is -0.264. The Morgan fingerprint density at radius 1 is 0.868 bits per heavy atom. The van der Waals surface area contributed by atoms with Gasteiger partial charge in [-0.25, -0.2) is 8.42 Å². The first kappa shape index (κ1) is 27.6. The first-order valence-corrected chi connectivity index (χ1v) is 14.1. The highest BCUT2D eigenvalue weighted by Gasteiger charge is 2.22. The zero-order valence-electron chi connectivity index (χ0n) is 21.9. The molecule has 2 amide bonds. The van der Waals surface area contributed by atoms with Crippen LogP contribution in [0.15, 0.2) is 65.6 Å². The van der Waals surface area contributed by atoms with E-state index >= 15 is 0 Å². The molecule has 0 aliphatic carbocycles. The normalized spacial score (nSPS) is 14.7. The van der Waals surface area contributed by atoms with Gasteiger partial charge in [0.1, 0.15) is 0 Å². The van der Waals surface area contributed by atoms with Crippen molar-refractivity contribution in [1.82, 2.24) is 4.90 Å². The number of anilines is 3. The van der Waals surface area contributed by atoms with Gasteiger partial charge >= 0.3 is 0 Å². The Bertz CT molecular complexity index is 1410. The Hall–Kier alpha value is -3.47. The average molecular weight is 539 g/mol. The Morgan fingerprint density at radius 3 is 2.18 bits per heavy atom. The maximum Gasteiger partial charge on any atom is 0.262 e. The van der Waals surface area contributed by atoms with Crippen molar-refractivity contribution in [1.29, 1.82) is 0 Å². The van der Waals surface area contributed by atoms with Crippen molar-refractivity contribution in [3.63, 3.8) is 0 Å². The molecule has 202 valence electrons. The van der Waals surface area contributed by atoms with E-state index in [9.17, 15) is 18.0 Å². The van der Waals surface area contributed by atoms with E-state index in [1.54, 1.807) is 54.6 Å². The zero-order valence-corrected chi connectivity index (χ0v) is 22.7. The van der Waals surface area contributed by atoms with Gasteiger partial charge in [0.05, 0.1) is 18.1 Å². The molecule has 10 heteroatoms. The van der Waals surface area contributed by atoms with Gasteiger partial charge in [0.15, 0.2) is 0 Å². The lowest BCUT2D eigenvalue weighted by Gasteiger charge is -2.26. The molecule has 1 aliphatic rings. The van der Waals surface area contributed by atoms with Gasteiger partial charge in [-0.3, -0.25) is 19.2 Å². The van der Waals surface area contributed by atoms with Crippen LogP contribution in [0.3, 0.4) is 0 Å². The molecular weight excluding hydrogens is 504 g/mol. The van der Waals surface area contributed by atoms with E-state index in [0.29, 0.717) is 54.0 Å². The summed E-state index contributed by atoms with van der Waals surface area (Å²) in [5, 5.41) is 6.89. The van der Waals surface area contributed by atoms with Crippen molar-refractivity contribution in [3.8, 4) is 0 Å². The number of carbonyl (C=O) groups is 2. The Morgan fingerprint density at radius 2 is 1.50 bits per heavy atom. The van der Waals surface area contributed by atoms with Crippen molar-refractivity contribution >= 4 is 49.7 Å². The number of carbonyl (C=O) groups excluding carboxylic acids is 2. The van der Waals surface area contributed by atoms with Crippen LogP contribution >= 0.6 is 0 Å². The van der Waals surface area contributed by atoms with Gasteiger partial charge in [0.25, 0.3) is 10.0 Å². The van der Waals surface area contributed by atoms with E-state index in [2.05, 4.69) is 20.3 Å². The molecule has 9 nitrogen and oxygen atoms in total. The predicted molar refractivity (Wildman–Crippen MR) is 150 cm³/mol. The summed E-state index contributed by atoms with van der Waals surface area (Å²) in [6.45, 7) is 9.06. The monoisotopic (exact) mass is 538 g/mol. The van der Waals surface area contributed by atoms with Crippen molar-refractivity contribution < 1.29 is 22.7 Å². The quantitative estimate of drug-likeness (QED) is 0.394. The van der Waals surface area contributed by atoms with E-state index in [1.165, 1.54) is 6.07 Å². The van der Waals surface area contributed by atoms with Gasteiger partial charge in [0.2, 0.25) is 11.8 Å². The van der Waals surface area contributed by atoms with Crippen LogP contribution in [0, 0.1) is 5.41 Å². The first-order chi connectivity index (χ1) is 18.0. The molecule has 3 aromatic rings. The zero-order chi connectivity index (χ0) is 27.3. The molecule has 0 aromatic heterocycles. The van der Waals surface area contributed by atoms with Crippen LogP contribution in [-0.2, 0) is 24.3 Å². The summed E-state index contributed by atoms with van der Waals surface area (Å²) in [6.07, 6.45) is 0.335. The van der Waals surface area contributed by atoms with E-state index in [1.807, 2.05) is 20.8 Å². The van der Waals surface area contributed by atoms with Gasteiger partial charge in [-0.1, -0.05) is 45.0 Å². The molecule has 4 rings (SSSR count). The van der Waals surface area contributed by atoms with Gasteiger partial charge in [-0.05, 0) is 36.4 Å². The van der Waals surface area contributed by atoms with Crippen LogP contribution < -0.4 is 15.4 Å². The number of fused-ring (bicyclic) bond motifs is 1. The molecule has 38 heavy (non-hydrogen) atoms. The number of hydrogen-bond donors (Lipinski definition) is 3. The number of morpholine rings is 1. The van der Waals surface area contributed by atoms with E-state index in [0.717, 1.165) is 13.1 Å². The van der Waals surface area contributed by atoms with Crippen LogP contribution in [0.4, 0.5) is 17.1 Å². The topological polar surface area (TPSA) is 117 Å². The molecular formula is C28H34N4O5S. The first-order valence-electron chi connectivity index (χ1n) is 12.6. The highest BCUT2D eigenvalue weighted by molar-refractivity contribution is 7.93. The molecule has 0 spiro atoms. The molecule has 3 N–H and O–H groups in total. The second-order valence-electron chi connectivity index (χ2n) is 10.3. The lowest BCUT2D eigenvalue weighted by molar-refractivity contribution is -0.123. The molecule has 3 aromatic carbocycles. The number of hydrogen-bond acceptors (Lipinski definition) is 6. The second kappa shape index (κ2) is 11.5. The maximum atomic E-state index is 13.3. The summed E-state index contributed by atoms with van der Waals surface area (Å²) in [7, 11) is -3.94. The number of rotatable bonds is 8. The van der Waals surface area contributed by atoms with Crippen LogP contribution in [0.25, 0.3) is 10.8 Å². The number of ether oxygens (including phenoxy) is 1. The summed E-state index contributed by atoms with van der Waals surface area (Å²) in [6, 6.07) is 16.7. The lowest BCUT2D eigenvalue weighted by atomic mass is 9.95. The highest BCUT2D eigenvalue weighted by Crippen LogP contribution is 2.30. The third kappa shape index (κ3) is 6.89. The number of nitrogens with zero attached hydrogens (tertiary/aromatic N) is 1. The van der Waals surface area contributed by atoms with E-state index < -0.39 is 15.4 Å². The summed E-state index contributed by atoms with van der Waals surface area (Å²) in [5.41, 5.74) is 0.955. The van der Waals surface area contributed by atoms with Crippen molar-refractivity contribution in [3.05, 3.63) is 60.7 Å². The molecule has 1 heterocycles. The number of nitrogens with one attached hydrogen (secondary N) is 3. The number of benzene rings is 3. The SMILES string of the molecule is CC(C)(C)C(=O)Nc1ccc(NS(=O)(=O)c2cccc3c(NC(=O)CCN4CCOCC4)cccc23)cc1. The molecule has 0 unspecified atom stereocenters. The van der Waals surface area contributed by atoms with Crippen molar-refractivity contribution in [2.75, 3.05) is 48.2 Å². The molecule has 0 atom stereocenters. The largest absolute Gasteiger partial charge is 0.379 e. The fourth-order valence-electron chi connectivity index (χ4n) is 4.07. The fraction of sp³-hybridized carbons (Fsp3) is 0.357. The van der Waals surface area contributed by atoms with Crippen molar-refractivity contribution in [2.24, 2.45) is 5.41 Å². The summed E-state index contributed by atoms with van der Waals surface area (Å²) in [4.78, 5) is 27.1. The van der Waals surface area contributed by atoms with Crippen LogP contribution in [-0.4, -0.2) is 58.0 Å². The van der Waals surface area contributed by atoms with Crippen LogP contribution in [0.2, 0.25) is 0 Å². The minimum absolute atomic E-state index is 0.101. The van der Waals surface area contributed by atoms with Crippen LogP contribution in [0.5, 0.6) is 0 Å². The summed E-state index contributed by atoms with van der Waals surface area (Å²) < 4.78 is 34.6. The Labute approximate surface area is 223 Å². The van der Waals surface area contributed by atoms with Crippen molar-refractivity contribution in [2.45, 2.75) is 32.1 Å². The molecule has 1 fully saturated rings. The van der Waals surface area contributed by atoms with Gasteiger partial charge in [-0.15, -0.1) is 0 Å². The average Bonchev–Trinajstić information content (AvgIpc) is 2.88. The molecule has 0 radical (unpaired) electrons. The smallest absolute Gasteiger partial charge is 0.262 e. The van der Waals surface area contributed by atoms with Crippen LogP contribution in [0.1, 0.15) is 27.2 Å². The molecule has 0 saturated carbocycles. The van der Waals surface area contributed by atoms with Gasteiger partial charge in [0, 0.05) is 59.3 Å². The second-order valence-corrected chi connectivity index (χ2v) is 11.9. The molecule has 1 aliphatic heterocycles. The number of amides is 2. The minimum Gasteiger partial charge on any atom is -0.379 e. The maximum absolute atomic E-state index is 13.3. The lowest BCUT2D eigenvalue weighted by Crippen LogP contribution is -2.38. The highest BCUT2D eigenvalue weighted by atomic mass is 32.2. The third-order valence-corrected chi connectivity index (χ3v) is 7.72.